The molecular formula is C13H12ClN5O. The van der Waals surface area contributed by atoms with Gasteiger partial charge < -0.3 is 11.5 Å². The van der Waals surface area contributed by atoms with Crippen LogP contribution in [0, 0.1) is 11.3 Å². The van der Waals surface area contributed by atoms with Crippen LogP contribution in [0.4, 0.5) is 5.82 Å². The Morgan fingerprint density at radius 1 is 1.45 bits per heavy atom. The second-order valence-electron chi connectivity index (χ2n) is 4.17. The standard InChI is InChI=1S/C13H12ClN5O/c14-11(13(17)20)19-12(16)9(10(7-15)18-19)6-8-4-2-1-3-5-8/h1-5,11H,6,16H2,(H2,17,20). The molecule has 2 aromatic rings. The van der Waals surface area contributed by atoms with E-state index in [2.05, 4.69) is 5.10 Å². The number of carbonyl (C=O) groups is 1. The first-order valence-electron chi connectivity index (χ1n) is 5.79. The van der Waals surface area contributed by atoms with Gasteiger partial charge in [-0.15, -0.1) is 0 Å². The fourth-order valence-corrected chi connectivity index (χ4v) is 1.99. The maximum atomic E-state index is 11.1. The monoisotopic (exact) mass is 289 g/mol. The van der Waals surface area contributed by atoms with Crippen molar-refractivity contribution in [1.82, 2.24) is 9.78 Å². The number of nitrogens with two attached hydrogens (primary N) is 2. The number of rotatable bonds is 4. The summed E-state index contributed by atoms with van der Waals surface area (Å²) in [6, 6.07) is 11.4. The number of carbonyl (C=O) groups excluding carboxylic acids is 1. The molecule has 0 spiro atoms. The number of anilines is 1. The van der Waals surface area contributed by atoms with Gasteiger partial charge in [-0.3, -0.25) is 4.79 Å². The molecule has 0 radical (unpaired) electrons. The molecule has 4 N–H and O–H groups in total. The fraction of sp³-hybridized carbons (Fsp3) is 0.154. The zero-order valence-electron chi connectivity index (χ0n) is 10.5. The van der Waals surface area contributed by atoms with Crippen molar-refractivity contribution in [1.29, 1.82) is 5.26 Å². The zero-order valence-corrected chi connectivity index (χ0v) is 11.2. The van der Waals surface area contributed by atoms with E-state index in [1.165, 1.54) is 0 Å². The van der Waals surface area contributed by atoms with E-state index in [-0.39, 0.29) is 11.5 Å². The van der Waals surface area contributed by atoms with Crippen molar-refractivity contribution in [2.24, 2.45) is 5.73 Å². The third-order valence-corrected chi connectivity index (χ3v) is 3.23. The Balaban J connectivity index is 2.43. The number of amides is 1. The van der Waals surface area contributed by atoms with Gasteiger partial charge in [-0.2, -0.15) is 10.4 Å². The minimum absolute atomic E-state index is 0.137. The van der Waals surface area contributed by atoms with Gasteiger partial charge >= 0.3 is 0 Å². The van der Waals surface area contributed by atoms with Crippen LogP contribution in [0.3, 0.4) is 0 Å². The zero-order chi connectivity index (χ0) is 14.7. The lowest BCUT2D eigenvalue weighted by atomic mass is 10.1. The Hall–Kier alpha value is -2.52. The smallest absolute Gasteiger partial charge is 0.257 e. The molecule has 0 saturated carbocycles. The molecule has 2 rings (SSSR count). The molecular weight excluding hydrogens is 278 g/mol. The molecule has 0 fully saturated rings. The van der Waals surface area contributed by atoms with Crippen LogP contribution in [-0.4, -0.2) is 15.7 Å². The van der Waals surface area contributed by atoms with E-state index in [0.29, 0.717) is 12.0 Å². The molecule has 0 bridgehead atoms. The number of halogens is 1. The molecule has 0 saturated heterocycles. The SMILES string of the molecule is N#Cc1nn(C(Cl)C(N)=O)c(N)c1Cc1ccccc1. The molecule has 20 heavy (non-hydrogen) atoms. The molecule has 7 heteroatoms. The van der Waals surface area contributed by atoms with E-state index < -0.39 is 11.4 Å². The number of nitrogen functional groups attached to an aromatic ring is 1. The number of hydrogen-bond donors (Lipinski definition) is 2. The van der Waals surface area contributed by atoms with Gasteiger partial charge in [-0.25, -0.2) is 4.68 Å². The Morgan fingerprint density at radius 2 is 2.10 bits per heavy atom. The highest BCUT2D eigenvalue weighted by Crippen LogP contribution is 2.25. The Labute approximate surface area is 120 Å². The first kappa shape index (κ1) is 13.9. The summed E-state index contributed by atoms with van der Waals surface area (Å²) in [6.45, 7) is 0. The van der Waals surface area contributed by atoms with Crippen molar-refractivity contribution in [3.63, 3.8) is 0 Å². The minimum Gasteiger partial charge on any atom is -0.384 e. The van der Waals surface area contributed by atoms with Crippen LogP contribution in [0.1, 0.15) is 22.3 Å². The number of benzene rings is 1. The summed E-state index contributed by atoms with van der Waals surface area (Å²) in [5, 5.41) is 13.1. The molecule has 1 unspecified atom stereocenters. The van der Waals surface area contributed by atoms with Crippen molar-refractivity contribution in [3.05, 3.63) is 47.2 Å². The molecule has 1 aromatic carbocycles. The summed E-state index contributed by atoms with van der Waals surface area (Å²) in [6.07, 6.45) is 0.429. The predicted octanol–water partition coefficient (Wildman–Crippen LogP) is 1.15. The van der Waals surface area contributed by atoms with Crippen molar-refractivity contribution in [2.75, 3.05) is 5.73 Å². The van der Waals surface area contributed by atoms with Gasteiger partial charge in [0.15, 0.2) is 5.69 Å². The molecule has 1 amide bonds. The van der Waals surface area contributed by atoms with Gasteiger partial charge in [-0.1, -0.05) is 41.9 Å². The van der Waals surface area contributed by atoms with Crippen LogP contribution >= 0.6 is 11.6 Å². The molecule has 1 aromatic heterocycles. The lowest BCUT2D eigenvalue weighted by Crippen LogP contribution is -2.24. The molecule has 6 nitrogen and oxygen atoms in total. The van der Waals surface area contributed by atoms with Crippen molar-refractivity contribution >= 4 is 23.3 Å². The van der Waals surface area contributed by atoms with Crippen LogP contribution in [0.2, 0.25) is 0 Å². The second kappa shape index (κ2) is 5.63. The average molecular weight is 290 g/mol. The van der Waals surface area contributed by atoms with E-state index in [4.69, 9.17) is 28.3 Å². The minimum atomic E-state index is -1.22. The maximum absolute atomic E-state index is 11.1. The van der Waals surface area contributed by atoms with Crippen LogP contribution in [0.5, 0.6) is 0 Å². The summed E-state index contributed by atoms with van der Waals surface area (Å²) in [4.78, 5) is 11.1. The van der Waals surface area contributed by atoms with E-state index in [1.54, 1.807) is 0 Å². The predicted molar refractivity (Wildman–Crippen MR) is 74.7 cm³/mol. The van der Waals surface area contributed by atoms with Crippen LogP contribution in [0.15, 0.2) is 30.3 Å². The van der Waals surface area contributed by atoms with Gasteiger partial charge in [0.05, 0.1) is 0 Å². The third kappa shape index (κ3) is 2.58. The number of nitriles is 1. The lowest BCUT2D eigenvalue weighted by molar-refractivity contribution is -0.119. The molecule has 102 valence electrons. The van der Waals surface area contributed by atoms with Gasteiger partial charge in [0.1, 0.15) is 11.9 Å². The summed E-state index contributed by atoms with van der Waals surface area (Å²) in [5.74, 6) is -0.610. The highest BCUT2D eigenvalue weighted by Gasteiger charge is 2.23. The quantitative estimate of drug-likeness (QED) is 0.822. The third-order valence-electron chi connectivity index (χ3n) is 2.83. The number of hydrogen-bond acceptors (Lipinski definition) is 4. The first-order valence-corrected chi connectivity index (χ1v) is 6.22. The van der Waals surface area contributed by atoms with Crippen molar-refractivity contribution < 1.29 is 4.79 Å². The Bertz CT molecular complexity index is 674. The molecule has 0 aliphatic heterocycles. The molecule has 1 atom stereocenters. The second-order valence-corrected chi connectivity index (χ2v) is 4.58. The van der Waals surface area contributed by atoms with E-state index in [1.807, 2.05) is 36.4 Å². The van der Waals surface area contributed by atoms with Crippen LogP contribution < -0.4 is 11.5 Å². The lowest BCUT2D eigenvalue weighted by Gasteiger charge is -2.08. The highest BCUT2D eigenvalue weighted by molar-refractivity contribution is 6.28. The van der Waals surface area contributed by atoms with Crippen molar-refractivity contribution in [2.45, 2.75) is 11.9 Å². The molecule has 0 aliphatic carbocycles. The van der Waals surface area contributed by atoms with E-state index >= 15 is 0 Å². The maximum Gasteiger partial charge on any atom is 0.257 e. The topological polar surface area (TPSA) is 111 Å². The van der Waals surface area contributed by atoms with E-state index in [9.17, 15) is 4.79 Å². The first-order chi connectivity index (χ1) is 9.54. The molecule has 0 aliphatic rings. The Kier molecular flexibility index (Phi) is 3.91. The summed E-state index contributed by atoms with van der Waals surface area (Å²) in [5.41, 5.74) is 11.5. The van der Waals surface area contributed by atoms with Gasteiger partial charge in [-0.05, 0) is 5.56 Å². The van der Waals surface area contributed by atoms with Crippen LogP contribution in [0.25, 0.3) is 0 Å². The number of nitrogens with zero attached hydrogens (tertiary/aromatic N) is 3. The Morgan fingerprint density at radius 3 is 2.65 bits per heavy atom. The molecule has 1 heterocycles. The normalized spacial score (nSPS) is 11.8. The highest BCUT2D eigenvalue weighted by atomic mass is 35.5. The largest absolute Gasteiger partial charge is 0.384 e. The van der Waals surface area contributed by atoms with Gasteiger partial charge in [0.2, 0.25) is 5.50 Å². The summed E-state index contributed by atoms with van der Waals surface area (Å²) < 4.78 is 1.07. The summed E-state index contributed by atoms with van der Waals surface area (Å²) >= 11 is 5.83. The van der Waals surface area contributed by atoms with E-state index in [0.717, 1.165) is 10.2 Å². The van der Waals surface area contributed by atoms with Gasteiger partial charge in [0, 0.05) is 12.0 Å². The van der Waals surface area contributed by atoms with Crippen molar-refractivity contribution in [3.8, 4) is 6.07 Å². The fourth-order valence-electron chi connectivity index (χ4n) is 1.84. The van der Waals surface area contributed by atoms with Gasteiger partial charge in [0.25, 0.3) is 5.91 Å². The average Bonchev–Trinajstić information content (AvgIpc) is 2.76. The summed E-state index contributed by atoms with van der Waals surface area (Å²) in [7, 11) is 0. The number of alkyl halides is 1. The van der Waals surface area contributed by atoms with Crippen LogP contribution in [-0.2, 0) is 11.2 Å². The number of primary amides is 1. The number of aromatic nitrogens is 2.